The van der Waals surface area contributed by atoms with Gasteiger partial charge < -0.3 is 9.84 Å². The Labute approximate surface area is 101 Å². The molecule has 1 N–H and O–H groups in total. The normalized spacial score (nSPS) is 16.3. The van der Waals surface area contributed by atoms with Gasteiger partial charge in [-0.3, -0.25) is 4.79 Å². The minimum absolute atomic E-state index is 0.224. The first-order valence-electron chi connectivity index (χ1n) is 5.89. The van der Waals surface area contributed by atoms with Gasteiger partial charge in [0.15, 0.2) is 0 Å². The van der Waals surface area contributed by atoms with Crippen LogP contribution in [0.2, 0.25) is 0 Å². The van der Waals surface area contributed by atoms with Crippen LogP contribution in [0.3, 0.4) is 0 Å². The minimum Gasteiger partial charge on any atom is -0.478 e. The van der Waals surface area contributed by atoms with Crippen molar-refractivity contribution in [2.75, 3.05) is 0 Å². The SMILES string of the molecule is CC(=CCCC(=O)OC1=CCCCC1)C(=O)O. The standard InChI is InChI=1S/C13H18O4/c1-10(13(15)16)6-5-9-12(14)17-11-7-3-2-4-8-11/h6-7H,2-5,8-9H2,1H3,(H,15,16). The maximum Gasteiger partial charge on any atom is 0.330 e. The van der Waals surface area contributed by atoms with E-state index in [-0.39, 0.29) is 18.0 Å². The molecule has 0 aliphatic heterocycles. The van der Waals surface area contributed by atoms with Gasteiger partial charge in [-0.2, -0.15) is 0 Å². The number of carboxylic acid groups (broad SMARTS) is 1. The van der Waals surface area contributed by atoms with Gasteiger partial charge in [0, 0.05) is 18.4 Å². The maximum atomic E-state index is 11.4. The van der Waals surface area contributed by atoms with Crippen LogP contribution in [0.5, 0.6) is 0 Å². The Bertz CT molecular complexity index is 352. The number of carboxylic acids is 1. The molecule has 17 heavy (non-hydrogen) atoms. The number of hydrogen-bond acceptors (Lipinski definition) is 3. The molecule has 0 aromatic heterocycles. The van der Waals surface area contributed by atoms with E-state index in [1.165, 1.54) is 6.92 Å². The lowest BCUT2D eigenvalue weighted by Crippen LogP contribution is -2.06. The van der Waals surface area contributed by atoms with Gasteiger partial charge in [-0.25, -0.2) is 4.79 Å². The molecule has 0 saturated carbocycles. The molecule has 1 aliphatic carbocycles. The summed E-state index contributed by atoms with van der Waals surface area (Å²) in [6, 6.07) is 0. The quantitative estimate of drug-likeness (QED) is 0.591. The molecule has 0 unspecified atom stereocenters. The van der Waals surface area contributed by atoms with Crippen molar-refractivity contribution in [2.24, 2.45) is 0 Å². The highest BCUT2D eigenvalue weighted by molar-refractivity contribution is 5.85. The Morgan fingerprint density at radius 2 is 2.24 bits per heavy atom. The Kier molecular flexibility index (Phi) is 5.46. The van der Waals surface area contributed by atoms with Crippen molar-refractivity contribution in [3.05, 3.63) is 23.5 Å². The fourth-order valence-corrected chi connectivity index (χ4v) is 1.59. The van der Waals surface area contributed by atoms with Crippen molar-refractivity contribution in [1.29, 1.82) is 0 Å². The molecule has 0 atom stereocenters. The molecule has 4 nitrogen and oxygen atoms in total. The third-order valence-corrected chi connectivity index (χ3v) is 2.63. The number of carbonyl (C=O) groups is 2. The topological polar surface area (TPSA) is 63.6 Å². The third-order valence-electron chi connectivity index (χ3n) is 2.63. The Balaban J connectivity index is 2.28. The third kappa shape index (κ3) is 5.33. The Hall–Kier alpha value is -1.58. The molecular formula is C13H18O4. The molecule has 1 aliphatic rings. The van der Waals surface area contributed by atoms with Crippen molar-refractivity contribution >= 4 is 11.9 Å². The zero-order chi connectivity index (χ0) is 12.7. The highest BCUT2D eigenvalue weighted by atomic mass is 16.5. The van der Waals surface area contributed by atoms with Crippen LogP contribution >= 0.6 is 0 Å². The molecule has 0 fully saturated rings. The first-order valence-corrected chi connectivity index (χ1v) is 5.89. The van der Waals surface area contributed by atoms with Crippen molar-refractivity contribution < 1.29 is 19.4 Å². The number of allylic oxidation sites excluding steroid dienone is 3. The lowest BCUT2D eigenvalue weighted by atomic mass is 10.1. The average molecular weight is 238 g/mol. The van der Waals surface area contributed by atoms with Crippen LogP contribution in [0, 0.1) is 0 Å². The second kappa shape index (κ2) is 6.89. The van der Waals surface area contributed by atoms with Gasteiger partial charge >= 0.3 is 11.9 Å². The van der Waals surface area contributed by atoms with Crippen LogP contribution in [0.15, 0.2) is 23.5 Å². The summed E-state index contributed by atoms with van der Waals surface area (Å²) in [6.07, 6.45) is 8.15. The van der Waals surface area contributed by atoms with E-state index in [1.54, 1.807) is 6.08 Å². The number of carbonyl (C=O) groups excluding carboxylic acids is 1. The van der Waals surface area contributed by atoms with Crippen LogP contribution in [0.1, 0.15) is 45.4 Å². The molecule has 1 rings (SSSR count). The zero-order valence-corrected chi connectivity index (χ0v) is 10.1. The van der Waals surface area contributed by atoms with Gasteiger partial charge in [0.25, 0.3) is 0 Å². The van der Waals surface area contributed by atoms with E-state index in [0.29, 0.717) is 6.42 Å². The van der Waals surface area contributed by atoms with Gasteiger partial charge in [-0.1, -0.05) is 6.08 Å². The molecular weight excluding hydrogens is 220 g/mol. The van der Waals surface area contributed by atoms with E-state index in [1.807, 2.05) is 6.08 Å². The molecule has 94 valence electrons. The molecule has 0 aromatic carbocycles. The molecule has 0 amide bonds. The van der Waals surface area contributed by atoms with E-state index < -0.39 is 5.97 Å². The summed E-state index contributed by atoms with van der Waals surface area (Å²) >= 11 is 0. The highest BCUT2D eigenvalue weighted by Crippen LogP contribution is 2.18. The summed E-state index contributed by atoms with van der Waals surface area (Å²) in [5.41, 5.74) is 0.259. The summed E-state index contributed by atoms with van der Waals surface area (Å²) in [6.45, 7) is 1.51. The van der Waals surface area contributed by atoms with Crippen LogP contribution in [0.25, 0.3) is 0 Å². The number of ether oxygens (including phenoxy) is 1. The first-order chi connectivity index (χ1) is 8.09. The van der Waals surface area contributed by atoms with Crippen LogP contribution in [-0.2, 0) is 14.3 Å². The fourth-order valence-electron chi connectivity index (χ4n) is 1.59. The van der Waals surface area contributed by atoms with Gasteiger partial charge in [-0.15, -0.1) is 0 Å². The van der Waals surface area contributed by atoms with Gasteiger partial charge in [0.1, 0.15) is 5.76 Å². The predicted octanol–water partition coefficient (Wildman–Crippen LogP) is 2.80. The number of esters is 1. The van der Waals surface area contributed by atoms with E-state index in [2.05, 4.69) is 0 Å². The van der Waals surface area contributed by atoms with Gasteiger partial charge in [0.05, 0.1) is 0 Å². The molecule has 0 saturated heterocycles. The van der Waals surface area contributed by atoms with E-state index in [4.69, 9.17) is 9.84 Å². The molecule has 0 bridgehead atoms. The van der Waals surface area contributed by atoms with Crippen LogP contribution in [-0.4, -0.2) is 17.0 Å². The summed E-state index contributed by atoms with van der Waals surface area (Å²) in [5.74, 6) is -0.471. The largest absolute Gasteiger partial charge is 0.478 e. The van der Waals surface area contributed by atoms with Crippen molar-refractivity contribution in [1.82, 2.24) is 0 Å². The first kappa shape index (κ1) is 13.5. The second-order valence-corrected chi connectivity index (χ2v) is 4.12. The maximum absolute atomic E-state index is 11.4. The lowest BCUT2D eigenvalue weighted by molar-refractivity contribution is -0.140. The molecule has 0 spiro atoms. The smallest absolute Gasteiger partial charge is 0.330 e. The summed E-state index contributed by atoms with van der Waals surface area (Å²) in [7, 11) is 0. The second-order valence-electron chi connectivity index (χ2n) is 4.12. The molecule has 4 heteroatoms. The Morgan fingerprint density at radius 3 is 2.82 bits per heavy atom. The van der Waals surface area contributed by atoms with E-state index in [9.17, 15) is 9.59 Å². The van der Waals surface area contributed by atoms with E-state index in [0.717, 1.165) is 31.4 Å². The number of hydrogen-bond donors (Lipinski definition) is 1. The lowest BCUT2D eigenvalue weighted by Gasteiger charge is -2.12. The van der Waals surface area contributed by atoms with Crippen molar-refractivity contribution in [3.8, 4) is 0 Å². The number of rotatable bonds is 5. The van der Waals surface area contributed by atoms with Crippen molar-refractivity contribution in [2.45, 2.75) is 45.4 Å². The summed E-state index contributed by atoms with van der Waals surface area (Å²) in [5, 5.41) is 8.61. The Morgan fingerprint density at radius 1 is 1.47 bits per heavy atom. The summed E-state index contributed by atoms with van der Waals surface area (Å²) in [4.78, 5) is 21.9. The molecule has 0 radical (unpaired) electrons. The van der Waals surface area contributed by atoms with Gasteiger partial charge in [-0.05, 0) is 38.7 Å². The minimum atomic E-state index is -0.951. The molecule has 0 heterocycles. The van der Waals surface area contributed by atoms with E-state index >= 15 is 0 Å². The fraction of sp³-hybridized carbons (Fsp3) is 0.538. The molecule has 0 aromatic rings. The van der Waals surface area contributed by atoms with Crippen molar-refractivity contribution in [3.63, 3.8) is 0 Å². The highest BCUT2D eigenvalue weighted by Gasteiger charge is 2.09. The number of aliphatic carboxylic acids is 1. The van der Waals surface area contributed by atoms with Crippen LogP contribution < -0.4 is 0 Å². The zero-order valence-electron chi connectivity index (χ0n) is 10.1. The average Bonchev–Trinajstić information content (AvgIpc) is 2.30. The monoisotopic (exact) mass is 238 g/mol. The summed E-state index contributed by atoms with van der Waals surface area (Å²) < 4.78 is 5.18. The predicted molar refractivity (Wildman–Crippen MR) is 63.3 cm³/mol. The van der Waals surface area contributed by atoms with Gasteiger partial charge in [0.2, 0.25) is 0 Å². The van der Waals surface area contributed by atoms with Crippen LogP contribution in [0.4, 0.5) is 0 Å².